The normalized spacial score (nSPS) is 11.0. The number of benzene rings is 3. The number of carbonyl (C=O) groups excluding carboxylic acids is 1. The van der Waals surface area contributed by atoms with E-state index >= 15 is 0 Å². The molecule has 0 unspecified atom stereocenters. The molecule has 0 saturated carbocycles. The highest BCUT2D eigenvalue weighted by molar-refractivity contribution is 6.33. The second-order valence-corrected chi connectivity index (χ2v) is 7.66. The highest BCUT2D eigenvalue weighted by atomic mass is 35.5. The maximum atomic E-state index is 13.3. The first kappa shape index (κ1) is 19.2. The fraction of sp³-hybridized carbons (Fsp3) is 0.120. The van der Waals surface area contributed by atoms with Gasteiger partial charge in [0.05, 0.1) is 16.8 Å². The van der Waals surface area contributed by atoms with Crippen molar-refractivity contribution in [3.8, 4) is 11.3 Å². The van der Waals surface area contributed by atoms with E-state index in [4.69, 9.17) is 16.6 Å². The van der Waals surface area contributed by atoms with Gasteiger partial charge in [0, 0.05) is 21.7 Å². The van der Waals surface area contributed by atoms with Crippen LogP contribution in [0.4, 0.5) is 5.69 Å². The Hall–Kier alpha value is -3.17. The second-order valence-electron chi connectivity index (χ2n) is 7.25. The molecule has 0 aliphatic heterocycles. The second kappa shape index (κ2) is 8.06. The molecule has 0 fully saturated rings. The number of nitrogens with zero attached hydrogens (tertiary/aromatic N) is 1. The van der Waals surface area contributed by atoms with Gasteiger partial charge < -0.3 is 5.32 Å². The highest BCUT2D eigenvalue weighted by Gasteiger charge is 2.17. The Morgan fingerprint density at radius 2 is 1.62 bits per heavy atom. The Bertz CT molecular complexity index is 1200. The minimum atomic E-state index is -0.162. The fourth-order valence-corrected chi connectivity index (χ4v) is 3.71. The predicted molar refractivity (Wildman–Crippen MR) is 121 cm³/mol. The van der Waals surface area contributed by atoms with Gasteiger partial charge in [0.1, 0.15) is 0 Å². The minimum Gasteiger partial charge on any atom is -0.322 e. The average molecular weight is 401 g/mol. The van der Waals surface area contributed by atoms with E-state index in [1.165, 1.54) is 0 Å². The summed E-state index contributed by atoms with van der Waals surface area (Å²) < 4.78 is 0. The van der Waals surface area contributed by atoms with Crippen molar-refractivity contribution in [2.45, 2.75) is 19.8 Å². The smallest absolute Gasteiger partial charge is 0.256 e. The van der Waals surface area contributed by atoms with Crippen molar-refractivity contribution in [2.75, 3.05) is 5.32 Å². The first-order valence-electron chi connectivity index (χ1n) is 9.59. The molecule has 3 aromatic carbocycles. The van der Waals surface area contributed by atoms with Gasteiger partial charge in [0.2, 0.25) is 0 Å². The SMILES string of the molecule is CC(C)c1ccccc1NC(=O)c1cc(-c2ccccc2Cl)nc2ccccc12. The minimum absolute atomic E-state index is 0.162. The van der Waals surface area contributed by atoms with Gasteiger partial charge in [-0.05, 0) is 35.7 Å². The molecule has 0 bridgehead atoms. The summed E-state index contributed by atoms with van der Waals surface area (Å²) in [5, 5.41) is 4.51. The van der Waals surface area contributed by atoms with E-state index in [2.05, 4.69) is 19.2 Å². The molecular weight excluding hydrogens is 380 g/mol. The van der Waals surface area contributed by atoms with E-state index in [9.17, 15) is 4.79 Å². The Kier molecular flexibility index (Phi) is 5.32. The van der Waals surface area contributed by atoms with Crippen molar-refractivity contribution in [2.24, 2.45) is 0 Å². The number of anilines is 1. The Morgan fingerprint density at radius 3 is 2.41 bits per heavy atom. The Morgan fingerprint density at radius 1 is 0.931 bits per heavy atom. The topological polar surface area (TPSA) is 42.0 Å². The summed E-state index contributed by atoms with van der Waals surface area (Å²) in [7, 11) is 0. The van der Waals surface area contributed by atoms with Crippen LogP contribution in [0.3, 0.4) is 0 Å². The number of nitrogens with one attached hydrogen (secondary N) is 1. The first-order valence-corrected chi connectivity index (χ1v) is 9.97. The highest BCUT2D eigenvalue weighted by Crippen LogP contribution is 2.31. The van der Waals surface area contributed by atoms with Crippen LogP contribution in [0.25, 0.3) is 22.2 Å². The number of fused-ring (bicyclic) bond motifs is 1. The Labute approximate surface area is 175 Å². The zero-order valence-corrected chi connectivity index (χ0v) is 17.1. The standard InChI is InChI=1S/C25H21ClN2O/c1-16(2)17-9-4-7-13-22(17)28-25(29)20-15-24(19-11-3-6-12-21(19)26)27-23-14-8-5-10-18(20)23/h3-16H,1-2H3,(H,28,29). The third kappa shape index (κ3) is 3.87. The summed E-state index contributed by atoms with van der Waals surface area (Å²) in [5.74, 6) is 0.143. The average Bonchev–Trinajstić information content (AvgIpc) is 2.73. The molecule has 144 valence electrons. The van der Waals surface area contributed by atoms with Crippen LogP contribution in [0.15, 0.2) is 78.9 Å². The van der Waals surface area contributed by atoms with Gasteiger partial charge in [0.25, 0.3) is 5.91 Å². The molecule has 1 heterocycles. The lowest BCUT2D eigenvalue weighted by atomic mass is 10.00. The molecule has 0 spiro atoms. The van der Waals surface area contributed by atoms with Crippen molar-refractivity contribution >= 4 is 34.1 Å². The number of hydrogen-bond acceptors (Lipinski definition) is 2. The molecule has 29 heavy (non-hydrogen) atoms. The van der Waals surface area contributed by atoms with Crippen molar-refractivity contribution in [1.82, 2.24) is 4.98 Å². The van der Waals surface area contributed by atoms with Crippen LogP contribution in [0.1, 0.15) is 35.7 Å². The molecule has 1 N–H and O–H groups in total. The van der Waals surface area contributed by atoms with E-state index in [1.807, 2.05) is 78.9 Å². The van der Waals surface area contributed by atoms with Gasteiger partial charge in [-0.2, -0.15) is 0 Å². The lowest BCUT2D eigenvalue weighted by Gasteiger charge is -2.15. The van der Waals surface area contributed by atoms with E-state index in [1.54, 1.807) is 0 Å². The van der Waals surface area contributed by atoms with Gasteiger partial charge >= 0.3 is 0 Å². The molecule has 0 saturated heterocycles. The largest absolute Gasteiger partial charge is 0.322 e. The van der Waals surface area contributed by atoms with Crippen LogP contribution in [0.5, 0.6) is 0 Å². The molecule has 4 aromatic rings. The summed E-state index contributed by atoms with van der Waals surface area (Å²) in [4.78, 5) is 18.0. The lowest BCUT2D eigenvalue weighted by Crippen LogP contribution is -2.14. The van der Waals surface area contributed by atoms with Crippen molar-refractivity contribution in [1.29, 1.82) is 0 Å². The van der Waals surface area contributed by atoms with Crippen LogP contribution in [0.2, 0.25) is 5.02 Å². The predicted octanol–water partition coefficient (Wildman–Crippen LogP) is 6.93. The van der Waals surface area contributed by atoms with Gasteiger partial charge in [-0.15, -0.1) is 0 Å². The fourth-order valence-electron chi connectivity index (χ4n) is 3.47. The summed E-state index contributed by atoms with van der Waals surface area (Å²) in [6, 6.07) is 24.9. The van der Waals surface area contributed by atoms with Crippen molar-refractivity contribution in [3.63, 3.8) is 0 Å². The molecule has 1 aromatic heterocycles. The van der Waals surface area contributed by atoms with Gasteiger partial charge in [-0.3, -0.25) is 4.79 Å². The number of carbonyl (C=O) groups is 1. The summed E-state index contributed by atoms with van der Waals surface area (Å²) in [6.07, 6.45) is 0. The molecule has 4 rings (SSSR count). The zero-order valence-electron chi connectivity index (χ0n) is 16.3. The van der Waals surface area contributed by atoms with E-state index in [0.717, 1.165) is 27.7 Å². The van der Waals surface area contributed by atoms with Crippen LogP contribution in [-0.2, 0) is 0 Å². The maximum Gasteiger partial charge on any atom is 0.256 e. The van der Waals surface area contributed by atoms with Crippen LogP contribution in [0, 0.1) is 0 Å². The number of rotatable bonds is 4. The first-order chi connectivity index (χ1) is 14.0. The third-order valence-corrected chi connectivity index (χ3v) is 5.27. The molecule has 0 aliphatic carbocycles. The Balaban J connectivity index is 1.83. The molecular formula is C25H21ClN2O. The number of aromatic nitrogens is 1. The van der Waals surface area contributed by atoms with Crippen molar-refractivity contribution in [3.05, 3.63) is 95.0 Å². The monoisotopic (exact) mass is 400 g/mol. The van der Waals surface area contributed by atoms with Gasteiger partial charge in [-0.25, -0.2) is 4.98 Å². The lowest BCUT2D eigenvalue weighted by molar-refractivity contribution is 0.102. The third-order valence-electron chi connectivity index (χ3n) is 4.94. The number of pyridine rings is 1. The summed E-state index contributed by atoms with van der Waals surface area (Å²) in [6.45, 7) is 4.23. The number of halogens is 1. The quantitative estimate of drug-likeness (QED) is 0.403. The van der Waals surface area contributed by atoms with Gasteiger partial charge in [0.15, 0.2) is 0 Å². The summed E-state index contributed by atoms with van der Waals surface area (Å²) in [5.41, 5.74) is 4.74. The number of para-hydroxylation sites is 2. The molecule has 0 atom stereocenters. The van der Waals surface area contributed by atoms with Gasteiger partial charge in [-0.1, -0.05) is 80.0 Å². The molecule has 4 heteroatoms. The molecule has 0 radical (unpaired) electrons. The maximum absolute atomic E-state index is 13.3. The zero-order chi connectivity index (χ0) is 20.4. The molecule has 1 amide bonds. The van der Waals surface area contributed by atoms with Crippen molar-refractivity contribution < 1.29 is 4.79 Å². The summed E-state index contributed by atoms with van der Waals surface area (Å²) >= 11 is 6.39. The van der Waals surface area contributed by atoms with Crippen LogP contribution < -0.4 is 5.32 Å². The molecule has 0 aliphatic rings. The van der Waals surface area contributed by atoms with E-state index in [0.29, 0.717) is 22.2 Å². The number of amides is 1. The van der Waals surface area contributed by atoms with E-state index in [-0.39, 0.29) is 5.91 Å². The van der Waals surface area contributed by atoms with Crippen LogP contribution in [-0.4, -0.2) is 10.9 Å². The molecule has 3 nitrogen and oxygen atoms in total. The number of hydrogen-bond donors (Lipinski definition) is 1. The van der Waals surface area contributed by atoms with E-state index < -0.39 is 0 Å². The van der Waals surface area contributed by atoms with Crippen LogP contribution >= 0.6 is 11.6 Å².